The molecule has 2 aromatic carbocycles. The van der Waals surface area contributed by atoms with Crippen LogP contribution in [0, 0.1) is 5.82 Å². The normalized spacial score (nSPS) is 10.1. The summed E-state index contributed by atoms with van der Waals surface area (Å²) in [6.45, 7) is 0. The lowest BCUT2D eigenvalue weighted by Crippen LogP contribution is -2.13. The molecule has 0 spiro atoms. The molecule has 4 nitrogen and oxygen atoms in total. The van der Waals surface area contributed by atoms with E-state index in [2.05, 4.69) is 5.32 Å². The highest BCUT2D eigenvalue weighted by molar-refractivity contribution is 5.92. The van der Waals surface area contributed by atoms with Gasteiger partial charge in [-0.05, 0) is 36.2 Å². The van der Waals surface area contributed by atoms with Gasteiger partial charge in [-0.3, -0.25) is 4.79 Å². The topological polar surface area (TPSA) is 47.6 Å². The quantitative estimate of drug-likeness (QED) is 0.889. The number of carbonyl (C=O) groups excluding carboxylic acids is 1. The van der Waals surface area contributed by atoms with Gasteiger partial charge in [-0.2, -0.15) is 0 Å². The Hall–Kier alpha value is -2.56. The lowest BCUT2D eigenvalue weighted by Gasteiger charge is -2.10. The van der Waals surface area contributed by atoms with Gasteiger partial charge in [0, 0.05) is 12.5 Å². The number of anilines is 1. The summed E-state index contributed by atoms with van der Waals surface area (Å²) >= 11 is 0. The third kappa shape index (κ3) is 4.22. The number of ether oxygens (including phenoxy) is 2. The maximum atomic E-state index is 13.1. The summed E-state index contributed by atoms with van der Waals surface area (Å²) in [6.07, 6.45) is 0.937. The Labute approximate surface area is 128 Å². The van der Waals surface area contributed by atoms with Crippen molar-refractivity contribution in [2.24, 2.45) is 0 Å². The fraction of sp³-hybridized carbons (Fsp3) is 0.235. The van der Waals surface area contributed by atoms with Crippen molar-refractivity contribution >= 4 is 11.6 Å². The molecule has 1 N–H and O–H groups in total. The largest absolute Gasteiger partial charge is 0.497 e. The zero-order valence-corrected chi connectivity index (χ0v) is 12.6. The minimum Gasteiger partial charge on any atom is -0.497 e. The van der Waals surface area contributed by atoms with E-state index in [1.165, 1.54) is 25.3 Å². The van der Waals surface area contributed by atoms with Gasteiger partial charge >= 0.3 is 0 Å². The van der Waals surface area contributed by atoms with E-state index in [1.54, 1.807) is 7.11 Å². The predicted octanol–water partition coefficient (Wildman–Crippen LogP) is 3.41. The molecule has 0 aliphatic heterocycles. The van der Waals surface area contributed by atoms with E-state index in [4.69, 9.17) is 9.47 Å². The first kappa shape index (κ1) is 15.8. The van der Waals surface area contributed by atoms with Gasteiger partial charge in [0.2, 0.25) is 5.91 Å². The summed E-state index contributed by atoms with van der Waals surface area (Å²) in [6, 6.07) is 11.6. The Kier molecular flexibility index (Phi) is 5.36. The number of aryl methyl sites for hydroxylation is 1. The van der Waals surface area contributed by atoms with E-state index in [0.717, 1.165) is 11.3 Å². The van der Waals surface area contributed by atoms with Crippen LogP contribution in [0.4, 0.5) is 10.1 Å². The summed E-state index contributed by atoms with van der Waals surface area (Å²) in [5.74, 6) is 0.524. The molecule has 0 aromatic heterocycles. The van der Waals surface area contributed by atoms with Crippen molar-refractivity contribution in [3.63, 3.8) is 0 Å². The molecule has 22 heavy (non-hydrogen) atoms. The second kappa shape index (κ2) is 7.45. The van der Waals surface area contributed by atoms with Crippen LogP contribution in [0.1, 0.15) is 12.0 Å². The molecule has 0 heterocycles. The van der Waals surface area contributed by atoms with Crippen molar-refractivity contribution in [3.05, 3.63) is 53.8 Å². The first-order chi connectivity index (χ1) is 10.6. The average molecular weight is 303 g/mol. The van der Waals surface area contributed by atoms with Crippen LogP contribution in [0.15, 0.2) is 42.5 Å². The van der Waals surface area contributed by atoms with Crippen molar-refractivity contribution in [1.29, 1.82) is 0 Å². The van der Waals surface area contributed by atoms with E-state index in [-0.39, 0.29) is 5.91 Å². The van der Waals surface area contributed by atoms with Gasteiger partial charge < -0.3 is 14.8 Å². The molecule has 0 aliphatic rings. The van der Waals surface area contributed by atoms with Crippen LogP contribution >= 0.6 is 0 Å². The Morgan fingerprint density at radius 1 is 1.09 bits per heavy atom. The molecule has 0 fully saturated rings. The Morgan fingerprint density at radius 2 is 1.82 bits per heavy atom. The van der Waals surface area contributed by atoms with Crippen molar-refractivity contribution < 1.29 is 18.7 Å². The lowest BCUT2D eigenvalue weighted by atomic mass is 10.1. The summed E-state index contributed by atoms with van der Waals surface area (Å²) in [5, 5.41) is 2.73. The number of benzene rings is 2. The number of hydrogen-bond donors (Lipinski definition) is 1. The van der Waals surface area contributed by atoms with E-state index in [9.17, 15) is 9.18 Å². The lowest BCUT2D eigenvalue weighted by molar-refractivity contribution is -0.116. The van der Waals surface area contributed by atoms with Gasteiger partial charge in [0.05, 0.1) is 19.9 Å². The second-order valence-corrected chi connectivity index (χ2v) is 4.74. The maximum absolute atomic E-state index is 13.1. The first-order valence-corrected chi connectivity index (χ1v) is 6.88. The smallest absolute Gasteiger partial charge is 0.224 e. The molecule has 2 aromatic rings. The van der Waals surface area contributed by atoms with Crippen LogP contribution in [-0.4, -0.2) is 20.1 Å². The number of amides is 1. The molecule has 0 aliphatic carbocycles. The monoisotopic (exact) mass is 303 g/mol. The molecule has 0 unspecified atom stereocenters. The van der Waals surface area contributed by atoms with Crippen LogP contribution < -0.4 is 14.8 Å². The highest BCUT2D eigenvalue weighted by Gasteiger charge is 2.09. The molecule has 0 atom stereocenters. The van der Waals surface area contributed by atoms with Crippen molar-refractivity contribution in [2.75, 3.05) is 19.5 Å². The third-order valence-electron chi connectivity index (χ3n) is 3.24. The number of rotatable bonds is 6. The maximum Gasteiger partial charge on any atom is 0.224 e. The van der Waals surface area contributed by atoms with E-state index >= 15 is 0 Å². The minimum absolute atomic E-state index is 0.152. The molecule has 5 heteroatoms. The molecule has 0 bridgehead atoms. The molecule has 2 rings (SSSR count). The minimum atomic E-state index is -0.409. The van der Waals surface area contributed by atoms with Gasteiger partial charge in [-0.1, -0.05) is 12.1 Å². The van der Waals surface area contributed by atoms with Crippen LogP contribution in [0.25, 0.3) is 0 Å². The number of hydrogen-bond acceptors (Lipinski definition) is 3. The highest BCUT2D eigenvalue weighted by atomic mass is 19.1. The molecule has 116 valence electrons. The Morgan fingerprint density at radius 3 is 2.45 bits per heavy atom. The molecule has 1 amide bonds. The van der Waals surface area contributed by atoms with E-state index < -0.39 is 5.82 Å². The number of nitrogens with one attached hydrogen (secondary N) is 1. The van der Waals surface area contributed by atoms with Gasteiger partial charge in [0.1, 0.15) is 17.3 Å². The van der Waals surface area contributed by atoms with Crippen LogP contribution in [0.5, 0.6) is 11.5 Å². The zero-order chi connectivity index (χ0) is 15.9. The molecule has 0 saturated carbocycles. The van der Waals surface area contributed by atoms with E-state index in [0.29, 0.717) is 24.3 Å². The van der Waals surface area contributed by atoms with Gasteiger partial charge in [-0.15, -0.1) is 0 Å². The Balaban J connectivity index is 1.92. The molecule has 0 saturated heterocycles. The first-order valence-electron chi connectivity index (χ1n) is 6.88. The predicted molar refractivity (Wildman–Crippen MR) is 82.9 cm³/mol. The number of methoxy groups -OCH3 is 2. The van der Waals surface area contributed by atoms with Crippen molar-refractivity contribution in [2.45, 2.75) is 12.8 Å². The van der Waals surface area contributed by atoms with Crippen LogP contribution in [-0.2, 0) is 11.2 Å². The van der Waals surface area contributed by atoms with Crippen LogP contribution in [0.3, 0.4) is 0 Å². The number of carbonyl (C=O) groups is 1. The average Bonchev–Trinajstić information content (AvgIpc) is 2.55. The molecular formula is C17H18FNO3. The summed E-state index contributed by atoms with van der Waals surface area (Å²) in [5.41, 5.74) is 1.51. The third-order valence-corrected chi connectivity index (χ3v) is 3.24. The standard InChI is InChI=1S/C17H18FNO3/c1-21-14-7-3-12(4-8-14)5-10-17(20)19-15-9-6-13(18)11-16(15)22-2/h3-4,6-9,11H,5,10H2,1-2H3,(H,19,20). The number of halogens is 1. The highest BCUT2D eigenvalue weighted by Crippen LogP contribution is 2.25. The zero-order valence-electron chi connectivity index (χ0n) is 12.6. The van der Waals surface area contributed by atoms with Gasteiger partial charge in [0.25, 0.3) is 0 Å². The van der Waals surface area contributed by atoms with Crippen molar-refractivity contribution in [3.8, 4) is 11.5 Å². The second-order valence-electron chi connectivity index (χ2n) is 4.74. The molecular weight excluding hydrogens is 285 g/mol. The Bertz CT molecular complexity index is 641. The summed E-state index contributed by atoms with van der Waals surface area (Å²) in [7, 11) is 3.04. The molecule has 0 radical (unpaired) electrons. The summed E-state index contributed by atoms with van der Waals surface area (Å²) < 4.78 is 23.2. The van der Waals surface area contributed by atoms with Crippen molar-refractivity contribution in [1.82, 2.24) is 0 Å². The summed E-state index contributed by atoms with van der Waals surface area (Å²) in [4.78, 5) is 12.0. The van der Waals surface area contributed by atoms with Gasteiger partial charge in [0.15, 0.2) is 0 Å². The SMILES string of the molecule is COc1ccc(CCC(=O)Nc2ccc(F)cc2OC)cc1. The van der Waals surface area contributed by atoms with Crippen LogP contribution in [0.2, 0.25) is 0 Å². The van der Waals surface area contributed by atoms with E-state index in [1.807, 2.05) is 24.3 Å². The fourth-order valence-corrected chi connectivity index (χ4v) is 2.03. The van der Waals surface area contributed by atoms with Gasteiger partial charge in [-0.25, -0.2) is 4.39 Å². The fourth-order valence-electron chi connectivity index (χ4n) is 2.03.